The van der Waals surface area contributed by atoms with Gasteiger partial charge < -0.3 is 14.6 Å². The average Bonchev–Trinajstić information content (AvgIpc) is 3.04. The SMILES string of the molecule is Cl.O=C(Cc1coc2cc(F)ccc12)N1CCNCC1c1cccnc1. The number of amides is 1. The van der Waals surface area contributed by atoms with Gasteiger partial charge in [0.2, 0.25) is 5.91 Å². The molecule has 1 fully saturated rings. The van der Waals surface area contributed by atoms with Gasteiger partial charge in [-0.2, -0.15) is 0 Å². The van der Waals surface area contributed by atoms with Crippen molar-refractivity contribution in [1.82, 2.24) is 15.2 Å². The topological polar surface area (TPSA) is 58.4 Å². The highest BCUT2D eigenvalue weighted by molar-refractivity contribution is 5.88. The van der Waals surface area contributed by atoms with Crippen molar-refractivity contribution in [3.05, 3.63) is 65.9 Å². The summed E-state index contributed by atoms with van der Waals surface area (Å²) < 4.78 is 18.7. The number of hydrogen-bond donors (Lipinski definition) is 1. The largest absolute Gasteiger partial charge is 0.464 e. The molecule has 1 atom stereocenters. The number of aromatic nitrogens is 1. The lowest BCUT2D eigenvalue weighted by Gasteiger charge is -2.36. The van der Waals surface area contributed by atoms with Crippen molar-refractivity contribution in [3.8, 4) is 0 Å². The Morgan fingerprint density at radius 2 is 2.27 bits per heavy atom. The number of benzene rings is 1. The molecule has 5 nitrogen and oxygen atoms in total. The monoisotopic (exact) mass is 375 g/mol. The second-order valence-electron chi connectivity index (χ2n) is 6.17. The molecule has 1 saturated heterocycles. The lowest BCUT2D eigenvalue weighted by atomic mass is 10.0. The highest BCUT2D eigenvalue weighted by Gasteiger charge is 2.28. The molecule has 4 rings (SSSR count). The fourth-order valence-corrected chi connectivity index (χ4v) is 3.33. The molecule has 1 unspecified atom stereocenters. The average molecular weight is 376 g/mol. The Kier molecular flexibility index (Phi) is 5.54. The first kappa shape index (κ1) is 18.4. The Morgan fingerprint density at radius 3 is 3.08 bits per heavy atom. The van der Waals surface area contributed by atoms with E-state index >= 15 is 0 Å². The molecule has 3 aromatic rings. The molecule has 1 N–H and O–H groups in total. The van der Waals surface area contributed by atoms with Gasteiger partial charge in [-0.1, -0.05) is 6.07 Å². The number of hydrogen-bond acceptors (Lipinski definition) is 4. The van der Waals surface area contributed by atoms with Crippen LogP contribution in [0.3, 0.4) is 0 Å². The van der Waals surface area contributed by atoms with Gasteiger partial charge in [-0.25, -0.2) is 4.39 Å². The zero-order valence-corrected chi connectivity index (χ0v) is 14.8. The number of nitrogens with zero attached hydrogens (tertiary/aromatic N) is 2. The fraction of sp³-hybridized carbons (Fsp3) is 0.263. The van der Waals surface area contributed by atoms with Crippen molar-refractivity contribution in [1.29, 1.82) is 0 Å². The highest BCUT2D eigenvalue weighted by atomic mass is 35.5. The Labute approximate surface area is 156 Å². The van der Waals surface area contributed by atoms with Crippen LogP contribution in [0.1, 0.15) is 17.2 Å². The molecule has 0 aliphatic carbocycles. The van der Waals surface area contributed by atoms with Crippen LogP contribution < -0.4 is 5.32 Å². The molecule has 3 heterocycles. The summed E-state index contributed by atoms with van der Waals surface area (Å²) in [7, 11) is 0. The molecule has 0 spiro atoms. The van der Waals surface area contributed by atoms with Gasteiger partial charge in [0.15, 0.2) is 0 Å². The van der Waals surface area contributed by atoms with Crippen molar-refractivity contribution in [2.45, 2.75) is 12.5 Å². The second-order valence-corrected chi connectivity index (χ2v) is 6.17. The van der Waals surface area contributed by atoms with Gasteiger partial charge in [-0.05, 0) is 23.8 Å². The van der Waals surface area contributed by atoms with Crippen LogP contribution in [0, 0.1) is 5.82 Å². The third-order valence-electron chi connectivity index (χ3n) is 4.59. The molecule has 1 aromatic carbocycles. The standard InChI is InChI=1S/C19H18FN3O2.ClH/c20-15-3-4-16-14(12-25-18(16)9-15)8-19(24)23-7-6-22-11-17(23)13-2-1-5-21-10-13;/h1-5,9-10,12,17,22H,6-8,11H2;1H. The van der Waals surface area contributed by atoms with Crippen molar-refractivity contribution < 1.29 is 13.6 Å². The third-order valence-corrected chi connectivity index (χ3v) is 4.59. The van der Waals surface area contributed by atoms with E-state index in [4.69, 9.17) is 4.42 Å². The minimum absolute atomic E-state index is 0. The first-order valence-corrected chi connectivity index (χ1v) is 8.28. The van der Waals surface area contributed by atoms with Crippen LogP contribution in [-0.4, -0.2) is 35.4 Å². The van der Waals surface area contributed by atoms with Gasteiger partial charge in [0.1, 0.15) is 11.4 Å². The van der Waals surface area contributed by atoms with Crippen LogP contribution in [0.4, 0.5) is 4.39 Å². The molecule has 7 heteroatoms. The van der Waals surface area contributed by atoms with E-state index < -0.39 is 0 Å². The zero-order valence-electron chi connectivity index (χ0n) is 14.0. The summed E-state index contributed by atoms with van der Waals surface area (Å²) in [5, 5.41) is 4.11. The number of pyridine rings is 1. The molecule has 26 heavy (non-hydrogen) atoms. The molecule has 136 valence electrons. The van der Waals surface area contributed by atoms with Crippen LogP contribution in [0.25, 0.3) is 11.0 Å². The Hall–Kier alpha value is -2.44. The molecule has 0 bridgehead atoms. The normalized spacial score (nSPS) is 17.1. The predicted molar refractivity (Wildman–Crippen MR) is 98.7 cm³/mol. The van der Waals surface area contributed by atoms with E-state index in [2.05, 4.69) is 10.3 Å². The quantitative estimate of drug-likeness (QED) is 0.764. The first-order valence-electron chi connectivity index (χ1n) is 8.28. The van der Waals surface area contributed by atoms with Crippen molar-refractivity contribution >= 4 is 29.3 Å². The third kappa shape index (κ3) is 3.57. The van der Waals surface area contributed by atoms with Crippen LogP contribution in [0.15, 0.2) is 53.4 Å². The van der Waals surface area contributed by atoms with Gasteiger partial charge in [-0.15, -0.1) is 12.4 Å². The molecule has 0 radical (unpaired) electrons. The molecule has 1 aliphatic heterocycles. The number of fused-ring (bicyclic) bond motifs is 1. The summed E-state index contributed by atoms with van der Waals surface area (Å²) in [5.74, 6) is -0.319. The van der Waals surface area contributed by atoms with E-state index in [1.807, 2.05) is 17.0 Å². The number of carbonyl (C=O) groups excluding carboxylic acids is 1. The number of halogens is 2. The Morgan fingerprint density at radius 1 is 1.38 bits per heavy atom. The molecular weight excluding hydrogens is 357 g/mol. The summed E-state index contributed by atoms with van der Waals surface area (Å²) in [6.45, 7) is 2.11. The molecule has 1 amide bonds. The lowest BCUT2D eigenvalue weighted by molar-refractivity contribution is -0.133. The number of furan rings is 1. The maximum Gasteiger partial charge on any atom is 0.227 e. The van der Waals surface area contributed by atoms with E-state index in [-0.39, 0.29) is 36.6 Å². The van der Waals surface area contributed by atoms with Crippen molar-refractivity contribution in [2.75, 3.05) is 19.6 Å². The molecule has 1 aliphatic rings. The van der Waals surface area contributed by atoms with E-state index in [1.165, 1.54) is 12.1 Å². The minimum atomic E-state index is -0.349. The second kappa shape index (κ2) is 7.85. The summed E-state index contributed by atoms with van der Waals surface area (Å²) in [6.07, 6.45) is 5.30. The Bertz CT molecular complexity index is 900. The lowest BCUT2D eigenvalue weighted by Crippen LogP contribution is -2.49. The van der Waals surface area contributed by atoms with E-state index in [1.54, 1.807) is 24.7 Å². The van der Waals surface area contributed by atoms with E-state index in [0.717, 1.165) is 23.1 Å². The maximum absolute atomic E-state index is 13.3. The highest BCUT2D eigenvalue weighted by Crippen LogP contribution is 2.26. The smallest absolute Gasteiger partial charge is 0.227 e. The van der Waals surface area contributed by atoms with Gasteiger partial charge in [0, 0.05) is 49.0 Å². The number of nitrogens with one attached hydrogen (secondary N) is 1. The fourth-order valence-electron chi connectivity index (χ4n) is 3.33. The number of piperazine rings is 1. The molecular formula is C19H19ClFN3O2. The molecule has 0 saturated carbocycles. The van der Waals surface area contributed by atoms with Crippen LogP contribution >= 0.6 is 12.4 Å². The maximum atomic E-state index is 13.3. The van der Waals surface area contributed by atoms with E-state index in [9.17, 15) is 9.18 Å². The van der Waals surface area contributed by atoms with Crippen molar-refractivity contribution in [3.63, 3.8) is 0 Å². The summed E-state index contributed by atoms with van der Waals surface area (Å²) in [4.78, 5) is 19.0. The zero-order chi connectivity index (χ0) is 17.2. The van der Waals surface area contributed by atoms with Gasteiger partial charge >= 0.3 is 0 Å². The Balaban J connectivity index is 0.00000196. The van der Waals surface area contributed by atoms with Crippen molar-refractivity contribution in [2.24, 2.45) is 0 Å². The van der Waals surface area contributed by atoms with Crippen LogP contribution in [-0.2, 0) is 11.2 Å². The summed E-state index contributed by atoms with van der Waals surface area (Å²) >= 11 is 0. The summed E-state index contributed by atoms with van der Waals surface area (Å²) in [6, 6.07) is 8.21. The summed E-state index contributed by atoms with van der Waals surface area (Å²) in [5.41, 5.74) is 2.26. The van der Waals surface area contributed by atoms with E-state index in [0.29, 0.717) is 18.7 Å². The first-order chi connectivity index (χ1) is 12.2. The molecule has 2 aromatic heterocycles. The van der Waals surface area contributed by atoms with Crippen LogP contribution in [0.2, 0.25) is 0 Å². The van der Waals surface area contributed by atoms with Gasteiger partial charge in [0.05, 0.1) is 18.7 Å². The number of rotatable bonds is 3. The minimum Gasteiger partial charge on any atom is -0.464 e. The van der Waals surface area contributed by atoms with Gasteiger partial charge in [-0.3, -0.25) is 9.78 Å². The number of carbonyl (C=O) groups is 1. The predicted octanol–water partition coefficient (Wildman–Crippen LogP) is 3.10. The van der Waals surface area contributed by atoms with Gasteiger partial charge in [0.25, 0.3) is 0 Å². The van der Waals surface area contributed by atoms with Crippen LogP contribution in [0.5, 0.6) is 0 Å².